The summed E-state index contributed by atoms with van der Waals surface area (Å²) in [5.41, 5.74) is 0.842. The monoisotopic (exact) mass is 414 g/mol. The molecule has 2 aliphatic rings. The number of hydrogen-bond acceptors (Lipinski definition) is 10. The molecule has 0 bridgehead atoms. The van der Waals surface area contributed by atoms with Crippen LogP contribution in [0.2, 0.25) is 0 Å². The van der Waals surface area contributed by atoms with Crippen molar-refractivity contribution < 1.29 is 49.6 Å². The molecule has 0 aromatic heterocycles. The average Bonchev–Trinajstić information content (AvgIpc) is 2.75. The Morgan fingerprint density at radius 3 is 2.21 bits per heavy atom. The first-order valence-corrected chi connectivity index (χ1v) is 9.23. The van der Waals surface area contributed by atoms with E-state index in [1.54, 1.807) is 0 Å². The van der Waals surface area contributed by atoms with Crippen LogP contribution in [0.15, 0.2) is 42.2 Å². The van der Waals surface area contributed by atoms with Crippen molar-refractivity contribution in [3.8, 4) is 0 Å². The number of ether oxygens (including phenoxy) is 4. The van der Waals surface area contributed by atoms with Gasteiger partial charge in [-0.3, -0.25) is 0 Å². The van der Waals surface area contributed by atoms with Crippen molar-refractivity contribution in [1.29, 1.82) is 0 Å². The Hall–Kier alpha value is -1.60. The molecule has 2 heterocycles. The molecule has 29 heavy (non-hydrogen) atoms. The van der Waals surface area contributed by atoms with E-state index in [1.165, 1.54) is 6.08 Å². The third-order valence-electron chi connectivity index (χ3n) is 4.75. The highest BCUT2D eigenvalue weighted by Crippen LogP contribution is 2.28. The number of rotatable bonds is 7. The number of hydrogen-bond donors (Lipinski definition) is 6. The standard InChI is InChI=1S/C19H26O10/c20-7-11-6-12(28-19-17(25)16(24)14(22)13(8-21)29-19)15(23)18(27-11)26-9-10-4-2-1-3-5-10/h1-6,11,13-25H,7-9H2/t11?,13?,14-,15?,16-,17?,18+,19+/m0/s1. The second-order valence-corrected chi connectivity index (χ2v) is 6.85. The summed E-state index contributed by atoms with van der Waals surface area (Å²) in [5.74, 6) is -0.0994. The van der Waals surface area contributed by atoms with Crippen LogP contribution in [-0.4, -0.2) is 93.1 Å². The summed E-state index contributed by atoms with van der Waals surface area (Å²) in [5, 5.41) is 59.1. The SMILES string of the molecule is OCC1C=C(O[C@@H]2OC(CO)[C@H](O)[C@H](O)C2O)C(O)[C@H](OCc2ccccc2)O1. The Labute approximate surface area is 167 Å². The maximum absolute atomic E-state index is 10.6. The molecule has 1 aromatic rings. The summed E-state index contributed by atoms with van der Waals surface area (Å²) in [4.78, 5) is 0. The summed E-state index contributed by atoms with van der Waals surface area (Å²) in [7, 11) is 0. The third kappa shape index (κ3) is 5.12. The van der Waals surface area contributed by atoms with Crippen molar-refractivity contribution in [3.63, 3.8) is 0 Å². The Morgan fingerprint density at radius 2 is 1.55 bits per heavy atom. The first kappa shape index (κ1) is 22.1. The van der Waals surface area contributed by atoms with Gasteiger partial charge >= 0.3 is 0 Å². The van der Waals surface area contributed by atoms with Crippen molar-refractivity contribution in [2.45, 2.75) is 55.8 Å². The molecule has 0 saturated carbocycles. The molecule has 2 aliphatic heterocycles. The fraction of sp³-hybridized carbons (Fsp3) is 0.579. The zero-order valence-corrected chi connectivity index (χ0v) is 15.5. The maximum Gasteiger partial charge on any atom is 0.228 e. The lowest BCUT2D eigenvalue weighted by atomic mass is 9.99. The Bertz CT molecular complexity index is 666. The van der Waals surface area contributed by atoms with Crippen LogP contribution in [0.25, 0.3) is 0 Å². The highest BCUT2D eigenvalue weighted by molar-refractivity contribution is 5.14. The summed E-state index contributed by atoms with van der Waals surface area (Å²) >= 11 is 0. The smallest absolute Gasteiger partial charge is 0.228 e. The minimum Gasteiger partial charge on any atom is -0.464 e. The van der Waals surface area contributed by atoms with Gasteiger partial charge < -0.3 is 49.6 Å². The van der Waals surface area contributed by atoms with E-state index in [0.717, 1.165) is 5.56 Å². The van der Waals surface area contributed by atoms with Crippen molar-refractivity contribution in [2.24, 2.45) is 0 Å². The predicted molar refractivity (Wildman–Crippen MR) is 95.9 cm³/mol. The van der Waals surface area contributed by atoms with Crippen LogP contribution >= 0.6 is 0 Å². The number of aliphatic hydroxyl groups excluding tert-OH is 6. The topological polar surface area (TPSA) is 158 Å². The van der Waals surface area contributed by atoms with Crippen molar-refractivity contribution in [1.82, 2.24) is 0 Å². The van der Waals surface area contributed by atoms with Gasteiger partial charge in [-0.2, -0.15) is 0 Å². The average molecular weight is 414 g/mol. The van der Waals surface area contributed by atoms with Gasteiger partial charge in [-0.15, -0.1) is 0 Å². The van der Waals surface area contributed by atoms with E-state index < -0.39 is 62.4 Å². The van der Waals surface area contributed by atoms with Crippen LogP contribution in [-0.2, 0) is 25.6 Å². The zero-order chi connectivity index (χ0) is 21.0. The quantitative estimate of drug-likeness (QED) is 0.294. The maximum atomic E-state index is 10.6. The van der Waals surface area contributed by atoms with Crippen molar-refractivity contribution >= 4 is 0 Å². The summed E-state index contributed by atoms with van der Waals surface area (Å²) < 4.78 is 21.9. The van der Waals surface area contributed by atoms with Crippen LogP contribution in [0.5, 0.6) is 0 Å². The van der Waals surface area contributed by atoms with Gasteiger partial charge in [0.05, 0.1) is 19.8 Å². The molecule has 8 atom stereocenters. The molecule has 10 nitrogen and oxygen atoms in total. The largest absolute Gasteiger partial charge is 0.464 e. The van der Waals surface area contributed by atoms with Gasteiger partial charge in [-0.25, -0.2) is 0 Å². The fourth-order valence-corrected chi connectivity index (χ4v) is 3.09. The van der Waals surface area contributed by atoms with Crippen molar-refractivity contribution in [3.05, 3.63) is 47.7 Å². The van der Waals surface area contributed by atoms with Gasteiger partial charge in [-0.1, -0.05) is 30.3 Å². The van der Waals surface area contributed by atoms with Gasteiger partial charge in [0.1, 0.15) is 36.3 Å². The Kier molecular flexibility index (Phi) is 7.57. The van der Waals surface area contributed by atoms with Gasteiger partial charge in [0.2, 0.25) is 6.29 Å². The molecular weight excluding hydrogens is 388 g/mol. The van der Waals surface area contributed by atoms with E-state index in [0.29, 0.717) is 0 Å². The van der Waals surface area contributed by atoms with Crippen LogP contribution < -0.4 is 0 Å². The van der Waals surface area contributed by atoms with Gasteiger partial charge in [0.15, 0.2) is 12.4 Å². The minimum atomic E-state index is -1.64. The number of benzene rings is 1. The third-order valence-corrected chi connectivity index (χ3v) is 4.75. The van der Waals surface area contributed by atoms with Crippen LogP contribution in [0.1, 0.15) is 5.56 Å². The second-order valence-electron chi connectivity index (χ2n) is 6.85. The lowest BCUT2D eigenvalue weighted by Crippen LogP contribution is -2.59. The first-order chi connectivity index (χ1) is 13.9. The van der Waals surface area contributed by atoms with Gasteiger partial charge in [0.25, 0.3) is 0 Å². The molecule has 0 radical (unpaired) electrons. The molecule has 0 aliphatic carbocycles. The zero-order valence-electron chi connectivity index (χ0n) is 15.5. The van der Waals surface area contributed by atoms with E-state index in [2.05, 4.69) is 0 Å². The lowest BCUT2D eigenvalue weighted by molar-refractivity contribution is -0.301. The van der Waals surface area contributed by atoms with E-state index in [-0.39, 0.29) is 12.4 Å². The van der Waals surface area contributed by atoms with Gasteiger partial charge in [-0.05, 0) is 11.6 Å². The van der Waals surface area contributed by atoms with E-state index in [9.17, 15) is 30.6 Å². The molecule has 1 aromatic carbocycles. The van der Waals surface area contributed by atoms with E-state index >= 15 is 0 Å². The van der Waals surface area contributed by atoms with Gasteiger partial charge in [0, 0.05) is 0 Å². The molecule has 4 unspecified atom stereocenters. The van der Waals surface area contributed by atoms with Crippen LogP contribution in [0, 0.1) is 0 Å². The lowest BCUT2D eigenvalue weighted by Gasteiger charge is -2.41. The van der Waals surface area contributed by atoms with E-state index in [1.807, 2.05) is 30.3 Å². The highest BCUT2D eigenvalue weighted by atomic mass is 16.7. The highest BCUT2D eigenvalue weighted by Gasteiger charge is 2.46. The van der Waals surface area contributed by atoms with Crippen LogP contribution in [0.4, 0.5) is 0 Å². The molecule has 6 N–H and O–H groups in total. The molecule has 0 spiro atoms. The molecule has 0 amide bonds. The normalized spacial score (nSPS) is 37.8. The molecule has 1 fully saturated rings. The summed E-state index contributed by atoms with van der Waals surface area (Å²) in [6.45, 7) is -0.898. The van der Waals surface area contributed by atoms with E-state index in [4.69, 9.17) is 18.9 Å². The minimum absolute atomic E-state index is 0.0994. The first-order valence-electron chi connectivity index (χ1n) is 9.23. The molecular formula is C19H26O10. The second kappa shape index (κ2) is 9.94. The molecule has 162 valence electrons. The summed E-state index contributed by atoms with van der Waals surface area (Å²) in [6.07, 6.45) is -9.55. The van der Waals surface area contributed by atoms with Crippen molar-refractivity contribution in [2.75, 3.05) is 13.2 Å². The number of aliphatic hydroxyl groups is 6. The summed E-state index contributed by atoms with van der Waals surface area (Å²) in [6, 6.07) is 9.19. The molecule has 3 rings (SSSR count). The molecule has 10 heteroatoms. The Morgan fingerprint density at radius 1 is 0.828 bits per heavy atom. The Balaban J connectivity index is 1.69. The predicted octanol–water partition coefficient (Wildman–Crippen LogP) is -2.02. The van der Waals surface area contributed by atoms with Crippen LogP contribution in [0.3, 0.4) is 0 Å². The molecule has 1 saturated heterocycles. The fourth-order valence-electron chi connectivity index (χ4n) is 3.09.